The summed E-state index contributed by atoms with van der Waals surface area (Å²) in [7, 11) is -0.159. The molecule has 1 saturated heterocycles. The summed E-state index contributed by atoms with van der Waals surface area (Å²) >= 11 is 0. The molecule has 1 aromatic rings. The zero-order chi connectivity index (χ0) is 24.8. The van der Waals surface area contributed by atoms with Gasteiger partial charge < -0.3 is 24.6 Å². The average Bonchev–Trinajstić information content (AvgIpc) is 3.16. The molecule has 2 aliphatic rings. The molecule has 3 N–H and O–H groups in total. The molecule has 5 atom stereocenters. The van der Waals surface area contributed by atoms with E-state index in [1.165, 1.54) is 5.56 Å². The van der Waals surface area contributed by atoms with Crippen LogP contribution in [0.3, 0.4) is 0 Å². The number of unbranched alkanes of at least 4 members (excludes halogenated alkanes) is 1. The molecule has 1 heterocycles. The molecular formula is C28H43BO5. The summed E-state index contributed by atoms with van der Waals surface area (Å²) < 4.78 is 12.1. The van der Waals surface area contributed by atoms with Gasteiger partial charge in [0, 0.05) is 12.3 Å². The number of benzene rings is 1. The maximum Gasteiger partial charge on any atom is 0.457 e. The van der Waals surface area contributed by atoms with Crippen LogP contribution < -0.4 is 0 Å². The minimum atomic E-state index is -0.575. The van der Waals surface area contributed by atoms with Crippen molar-refractivity contribution in [3.8, 4) is 0 Å². The van der Waals surface area contributed by atoms with Gasteiger partial charge in [-0.05, 0) is 71.2 Å². The number of hydrogen-bond acceptors (Lipinski definition) is 5. The first-order chi connectivity index (χ1) is 16.1. The van der Waals surface area contributed by atoms with E-state index in [4.69, 9.17) is 9.31 Å². The lowest BCUT2D eigenvalue weighted by atomic mass is 9.82. The van der Waals surface area contributed by atoms with Gasteiger partial charge in [-0.15, -0.1) is 0 Å². The maximum atomic E-state index is 10.5. The second-order valence-electron chi connectivity index (χ2n) is 10.9. The molecule has 2 fully saturated rings. The van der Waals surface area contributed by atoms with E-state index >= 15 is 0 Å². The Bertz CT molecular complexity index is 790. The van der Waals surface area contributed by atoms with Crippen molar-refractivity contribution >= 4 is 7.12 Å². The molecule has 0 amide bonds. The molecule has 0 aromatic heterocycles. The Morgan fingerprint density at radius 2 is 1.71 bits per heavy atom. The van der Waals surface area contributed by atoms with Crippen LogP contribution in [-0.2, 0) is 15.7 Å². The fourth-order valence-electron chi connectivity index (χ4n) is 4.87. The number of rotatable bonds is 11. The second kappa shape index (κ2) is 12.0. The molecular weight excluding hydrogens is 427 g/mol. The highest BCUT2D eigenvalue weighted by atomic mass is 16.7. The molecule has 0 radical (unpaired) electrons. The van der Waals surface area contributed by atoms with Crippen LogP contribution in [0.15, 0.2) is 54.6 Å². The number of aryl methyl sites for hydroxylation is 1. The van der Waals surface area contributed by atoms with Crippen molar-refractivity contribution in [3.05, 3.63) is 60.2 Å². The molecule has 1 aliphatic heterocycles. The lowest BCUT2D eigenvalue weighted by Gasteiger charge is -2.32. The molecule has 34 heavy (non-hydrogen) atoms. The standard InChI is InChI=1S/C28H43BO5/c1-27(2)28(3,4)34-29(33-27)19-11-6-5-10-14-23-24(26(32)20-25(23)31)18-17-22(30)16-15-21-12-8-7-9-13-21/h5,7-10,12-13,17-18,22-26,30-32H,6,11,14-16,19-20H2,1-4H3/b10-5-,18-17+/t22-,23+,24+,25-,26+/m0/s1. The average molecular weight is 470 g/mol. The number of allylic oxidation sites excluding steroid dienone is 2. The Morgan fingerprint density at radius 1 is 1.03 bits per heavy atom. The fraction of sp³-hybridized carbons (Fsp3) is 0.643. The third kappa shape index (κ3) is 7.28. The number of aliphatic hydroxyl groups is 3. The highest BCUT2D eigenvalue weighted by Gasteiger charge is 2.50. The molecule has 0 bridgehead atoms. The fourth-order valence-corrected chi connectivity index (χ4v) is 4.87. The van der Waals surface area contributed by atoms with E-state index in [2.05, 4.69) is 52.0 Å². The molecule has 0 spiro atoms. The van der Waals surface area contributed by atoms with Gasteiger partial charge >= 0.3 is 7.12 Å². The van der Waals surface area contributed by atoms with Gasteiger partial charge in [0.15, 0.2) is 0 Å². The molecule has 3 rings (SSSR count). The quantitative estimate of drug-likeness (QED) is 0.248. The van der Waals surface area contributed by atoms with Crippen molar-refractivity contribution < 1.29 is 24.6 Å². The van der Waals surface area contributed by atoms with Gasteiger partial charge in [-0.3, -0.25) is 0 Å². The molecule has 6 heteroatoms. The molecule has 188 valence electrons. The predicted octanol–water partition coefficient (Wildman–Crippen LogP) is 4.71. The Morgan fingerprint density at radius 3 is 2.38 bits per heavy atom. The monoisotopic (exact) mass is 470 g/mol. The van der Waals surface area contributed by atoms with Gasteiger partial charge in [-0.2, -0.15) is 0 Å². The molecule has 1 aliphatic carbocycles. The van der Waals surface area contributed by atoms with Gasteiger partial charge in [0.25, 0.3) is 0 Å². The summed E-state index contributed by atoms with van der Waals surface area (Å²) in [6, 6.07) is 10.1. The zero-order valence-corrected chi connectivity index (χ0v) is 21.3. The van der Waals surface area contributed by atoms with Crippen molar-refractivity contribution in [2.75, 3.05) is 0 Å². The SMILES string of the molecule is CC1(C)OB(CCC/C=C\C[C@@H]2[C@@H](/C=C/[C@@H](O)CCc3ccccc3)[C@H](O)C[C@@H]2O)OC1(C)C. The van der Waals surface area contributed by atoms with E-state index in [1.807, 2.05) is 24.3 Å². The third-order valence-corrected chi connectivity index (χ3v) is 7.73. The smallest absolute Gasteiger partial charge is 0.403 e. The highest BCUT2D eigenvalue weighted by Crippen LogP contribution is 2.38. The Balaban J connectivity index is 1.41. The largest absolute Gasteiger partial charge is 0.457 e. The van der Waals surface area contributed by atoms with Crippen LogP contribution >= 0.6 is 0 Å². The van der Waals surface area contributed by atoms with Crippen LogP contribution in [0.2, 0.25) is 6.32 Å². The van der Waals surface area contributed by atoms with Gasteiger partial charge in [-0.1, -0.05) is 61.1 Å². The van der Waals surface area contributed by atoms with Crippen molar-refractivity contribution in [2.45, 2.75) is 102 Å². The van der Waals surface area contributed by atoms with E-state index in [-0.39, 0.29) is 30.2 Å². The summed E-state index contributed by atoms with van der Waals surface area (Å²) in [5, 5.41) is 31.3. The summed E-state index contributed by atoms with van der Waals surface area (Å²) in [4.78, 5) is 0. The molecule has 1 saturated carbocycles. The van der Waals surface area contributed by atoms with E-state index in [0.29, 0.717) is 19.3 Å². The molecule has 1 aromatic carbocycles. The topological polar surface area (TPSA) is 79.2 Å². The lowest BCUT2D eigenvalue weighted by molar-refractivity contribution is 0.00578. The van der Waals surface area contributed by atoms with Crippen molar-refractivity contribution in [2.24, 2.45) is 11.8 Å². The number of hydrogen-bond donors (Lipinski definition) is 3. The minimum absolute atomic E-state index is 0.0353. The van der Waals surface area contributed by atoms with Gasteiger partial charge in [0.05, 0.1) is 29.5 Å². The van der Waals surface area contributed by atoms with Crippen LogP contribution in [0.1, 0.15) is 65.4 Å². The number of aliphatic hydroxyl groups excluding tert-OH is 3. The first-order valence-electron chi connectivity index (χ1n) is 12.9. The maximum absolute atomic E-state index is 10.5. The van der Waals surface area contributed by atoms with Crippen LogP contribution in [0, 0.1) is 11.8 Å². The van der Waals surface area contributed by atoms with Gasteiger partial charge in [0.2, 0.25) is 0 Å². The van der Waals surface area contributed by atoms with Crippen molar-refractivity contribution in [3.63, 3.8) is 0 Å². The Labute approximate surface area is 206 Å². The zero-order valence-electron chi connectivity index (χ0n) is 21.3. The van der Waals surface area contributed by atoms with Crippen molar-refractivity contribution in [1.82, 2.24) is 0 Å². The normalized spacial score (nSPS) is 29.4. The summed E-state index contributed by atoms with van der Waals surface area (Å²) in [5.41, 5.74) is 0.627. The molecule has 0 unspecified atom stereocenters. The van der Waals surface area contributed by atoms with E-state index in [1.54, 1.807) is 6.08 Å². The second-order valence-corrected chi connectivity index (χ2v) is 10.9. The van der Waals surface area contributed by atoms with Crippen LogP contribution in [0.25, 0.3) is 0 Å². The Kier molecular flexibility index (Phi) is 9.59. The van der Waals surface area contributed by atoms with E-state index < -0.39 is 18.3 Å². The van der Waals surface area contributed by atoms with E-state index in [0.717, 1.165) is 25.6 Å². The van der Waals surface area contributed by atoms with Crippen molar-refractivity contribution in [1.29, 1.82) is 0 Å². The van der Waals surface area contributed by atoms with E-state index in [9.17, 15) is 15.3 Å². The first-order valence-corrected chi connectivity index (χ1v) is 12.9. The third-order valence-electron chi connectivity index (χ3n) is 7.73. The summed E-state index contributed by atoms with van der Waals surface area (Å²) in [6.45, 7) is 8.28. The van der Waals surface area contributed by atoms with Crippen LogP contribution in [-0.4, -0.2) is 52.0 Å². The summed E-state index contributed by atoms with van der Waals surface area (Å²) in [5.74, 6) is -0.178. The van der Waals surface area contributed by atoms with Crippen LogP contribution in [0.5, 0.6) is 0 Å². The first kappa shape index (κ1) is 27.2. The highest BCUT2D eigenvalue weighted by molar-refractivity contribution is 6.45. The van der Waals surface area contributed by atoms with Crippen LogP contribution in [0.4, 0.5) is 0 Å². The molecule has 5 nitrogen and oxygen atoms in total. The Hall–Kier alpha value is -1.44. The minimum Gasteiger partial charge on any atom is -0.403 e. The summed E-state index contributed by atoms with van der Waals surface area (Å²) in [6.07, 6.45) is 11.6. The lowest BCUT2D eigenvalue weighted by Crippen LogP contribution is -2.41. The van der Waals surface area contributed by atoms with Gasteiger partial charge in [0.1, 0.15) is 0 Å². The van der Waals surface area contributed by atoms with Gasteiger partial charge in [-0.25, -0.2) is 0 Å². The predicted molar refractivity (Wildman–Crippen MR) is 137 cm³/mol.